The number of hydrogen-bond donors (Lipinski definition) is 1. The minimum Gasteiger partial charge on any atom is -0.496 e. The largest absolute Gasteiger partial charge is 0.496 e. The smallest absolute Gasteiger partial charge is 0.407 e. The molecule has 0 aromatic heterocycles. The molecule has 0 spiro atoms. The van der Waals surface area contributed by atoms with Crippen molar-refractivity contribution in [2.45, 2.75) is 12.3 Å². The van der Waals surface area contributed by atoms with E-state index in [1.54, 1.807) is 19.2 Å². The lowest BCUT2D eigenvalue weighted by Gasteiger charge is -2.14. The molecule has 0 saturated heterocycles. The molecule has 6 heteroatoms. The Morgan fingerprint density at radius 1 is 0.912 bits per heavy atom. The Morgan fingerprint density at radius 2 is 1.50 bits per heavy atom. The molecule has 0 bridgehead atoms. The number of hydrogen-bond acceptors (Lipinski definition) is 5. The molecule has 1 amide bonds. The summed E-state index contributed by atoms with van der Waals surface area (Å²) in [5, 5.41) is 2.80. The molecule has 1 aliphatic rings. The zero-order chi connectivity index (χ0) is 23.9. The summed E-state index contributed by atoms with van der Waals surface area (Å²) >= 11 is 0. The van der Waals surface area contributed by atoms with E-state index in [1.165, 1.54) is 29.4 Å². The lowest BCUT2D eigenvalue weighted by atomic mass is 9.98. The van der Waals surface area contributed by atoms with E-state index in [2.05, 4.69) is 29.6 Å². The lowest BCUT2D eigenvalue weighted by molar-refractivity contribution is 0.112. The van der Waals surface area contributed by atoms with Gasteiger partial charge in [0, 0.05) is 18.0 Å². The van der Waals surface area contributed by atoms with Crippen LogP contribution in [-0.4, -0.2) is 39.8 Å². The topological polar surface area (TPSA) is 73.9 Å². The van der Waals surface area contributed by atoms with E-state index >= 15 is 0 Å². The Bertz CT molecular complexity index is 1170. The highest BCUT2D eigenvalue weighted by Gasteiger charge is 2.28. The average Bonchev–Trinajstić information content (AvgIpc) is 3.20. The lowest BCUT2D eigenvalue weighted by Crippen LogP contribution is -2.26. The molecule has 1 N–H and O–H groups in total. The number of fused-ring (bicyclic) bond motifs is 3. The van der Waals surface area contributed by atoms with Crippen LogP contribution in [0.1, 0.15) is 39.4 Å². The van der Waals surface area contributed by atoms with Crippen LogP contribution >= 0.6 is 0 Å². The van der Waals surface area contributed by atoms with Gasteiger partial charge < -0.3 is 19.5 Å². The van der Waals surface area contributed by atoms with Gasteiger partial charge in [-0.15, -0.1) is 0 Å². The Labute approximate surface area is 199 Å². The molecule has 174 valence electrons. The molecule has 0 unspecified atom stereocenters. The fourth-order valence-corrected chi connectivity index (χ4v) is 4.28. The number of rotatable bonds is 9. The summed E-state index contributed by atoms with van der Waals surface area (Å²) in [4.78, 5) is 23.5. The van der Waals surface area contributed by atoms with Crippen LogP contribution < -0.4 is 14.8 Å². The summed E-state index contributed by atoms with van der Waals surface area (Å²) < 4.78 is 16.2. The maximum Gasteiger partial charge on any atom is 0.407 e. The summed E-state index contributed by atoms with van der Waals surface area (Å²) in [6, 6.07) is 19.9. The van der Waals surface area contributed by atoms with Crippen molar-refractivity contribution in [3.8, 4) is 22.6 Å². The summed E-state index contributed by atoms with van der Waals surface area (Å²) in [5.74, 6) is 1.09. The van der Waals surface area contributed by atoms with Gasteiger partial charge in [-0.1, -0.05) is 60.7 Å². The number of nitrogens with one attached hydrogen (secondary N) is 1. The molecule has 0 aliphatic heterocycles. The van der Waals surface area contributed by atoms with Crippen LogP contribution in [0.2, 0.25) is 0 Å². The Kier molecular flexibility index (Phi) is 7.28. The van der Waals surface area contributed by atoms with E-state index in [4.69, 9.17) is 14.2 Å². The zero-order valence-electron chi connectivity index (χ0n) is 19.2. The average molecular weight is 458 g/mol. The van der Waals surface area contributed by atoms with E-state index in [-0.39, 0.29) is 12.5 Å². The molecule has 0 fully saturated rings. The van der Waals surface area contributed by atoms with Crippen molar-refractivity contribution in [3.63, 3.8) is 0 Å². The van der Waals surface area contributed by atoms with Gasteiger partial charge in [-0.3, -0.25) is 4.79 Å². The van der Waals surface area contributed by atoms with Crippen LogP contribution in [0.25, 0.3) is 17.2 Å². The van der Waals surface area contributed by atoms with Crippen molar-refractivity contribution in [1.82, 2.24) is 5.32 Å². The van der Waals surface area contributed by atoms with Gasteiger partial charge in [0.05, 0.1) is 19.8 Å². The molecule has 0 heterocycles. The third-order valence-corrected chi connectivity index (χ3v) is 5.93. The van der Waals surface area contributed by atoms with Gasteiger partial charge in [-0.25, -0.2) is 4.79 Å². The van der Waals surface area contributed by atoms with E-state index in [1.807, 2.05) is 36.4 Å². The van der Waals surface area contributed by atoms with Gasteiger partial charge in [0.25, 0.3) is 0 Å². The van der Waals surface area contributed by atoms with E-state index in [0.29, 0.717) is 30.0 Å². The van der Waals surface area contributed by atoms with Crippen LogP contribution in [0.4, 0.5) is 4.79 Å². The van der Waals surface area contributed by atoms with Crippen molar-refractivity contribution < 1.29 is 23.8 Å². The first-order chi connectivity index (χ1) is 16.7. The van der Waals surface area contributed by atoms with Gasteiger partial charge >= 0.3 is 6.09 Å². The zero-order valence-corrected chi connectivity index (χ0v) is 19.2. The van der Waals surface area contributed by atoms with Crippen LogP contribution in [0.3, 0.4) is 0 Å². The van der Waals surface area contributed by atoms with Gasteiger partial charge in [-0.05, 0) is 40.8 Å². The van der Waals surface area contributed by atoms with E-state index in [0.717, 1.165) is 11.8 Å². The first kappa shape index (κ1) is 23.1. The second kappa shape index (κ2) is 10.7. The fourth-order valence-electron chi connectivity index (χ4n) is 4.28. The van der Waals surface area contributed by atoms with Gasteiger partial charge in [0.1, 0.15) is 18.1 Å². The molecular formula is C28H27NO5. The molecule has 34 heavy (non-hydrogen) atoms. The molecule has 0 radical (unpaired) electrons. The number of amides is 1. The fraction of sp³-hybridized carbons (Fsp3) is 0.214. The highest BCUT2D eigenvalue weighted by Crippen LogP contribution is 2.44. The highest BCUT2D eigenvalue weighted by atomic mass is 16.5. The number of carbonyl (C=O) groups is 2. The van der Waals surface area contributed by atoms with Crippen LogP contribution in [0, 0.1) is 0 Å². The van der Waals surface area contributed by atoms with Crippen molar-refractivity contribution in [3.05, 3.63) is 89.0 Å². The molecule has 4 rings (SSSR count). The maximum absolute atomic E-state index is 12.3. The number of benzene rings is 3. The van der Waals surface area contributed by atoms with Crippen molar-refractivity contribution in [1.29, 1.82) is 0 Å². The summed E-state index contributed by atoms with van der Waals surface area (Å²) in [5.41, 5.74) is 5.98. The Morgan fingerprint density at radius 3 is 2.12 bits per heavy atom. The number of carbonyl (C=O) groups excluding carboxylic acids is 2. The van der Waals surface area contributed by atoms with Gasteiger partial charge in [-0.2, -0.15) is 0 Å². The van der Waals surface area contributed by atoms with Crippen molar-refractivity contribution >= 4 is 18.5 Å². The first-order valence-corrected chi connectivity index (χ1v) is 11.1. The molecule has 0 atom stereocenters. The third kappa shape index (κ3) is 4.81. The van der Waals surface area contributed by atoms with Crippen LogP contribution in [-0.2, 0) is 4.74 Å². The molecule has 1 aliphatic carbocycles. The number of alkyl carbamates (subject to hydrolysis) is 1. The standard InChI is InChI=1S/C28H27NO5/c1-32-26-16-20(17-30)27(33-2)15-19(26)9-7-8-14-29-28(31)34-18-25-23-12-5-3-10-21(23)22-11-4-6-13-24(22)25/h3-7,9-13,15-17,25H,8,14,18H2,1-2H3,(H,29,31). The van der Waals surface area contributed by atoms with Crippen molar-refractivity contribution in [2.75, 3.05) is 27.4 Å². The molecular weight excluding hydrogens is 430 g/mol. The van der Waals surface area contributed by atoms with E-state index in [9.17, 15) is 9.59 Å². The van der Waals surface area contributed by atoms with Crippen LogP contribution in [0.15, 0.2) is 66.7 Å². The number of aldehydes is 1. The number of ether oxygens (including phenoxy) is 3. The molecule has 3 aromatic rings. The second-order valence-electron chi connectivity index (χ2n) is 7.90. The minimum absolute atomic E-state index is 0.0369. The predicted molar refractivity (Wildman–Crippen MR) is 132 cm³/mol. The molecule has 3 aromatic carbocycles. The molecule has 0 saturated carbocycles. The minimum atomic E-state index is -0.440. The molecule has 6 nitrogen and oxygen atoms in total. The third-order valence-electron chi connectivity index (χ3n) is 5.93. The summed E-state index contributed by atoms with van der Waals surface area (Å²) in [7, 11) is 3.06. The highest BCUT2D eigenvalue weighted by molar-refractivity contribution is 5.82. The second-order valence-corrected chi connectivity index (χ2v) is 7.90. The van der Waals surface area contributed by atoms with Crippen LogP contribution in [0.5, 0.6) is 11.5 Å². The predicted octanol–water partition coefficient (Wildman–Crippen LogP) is 5.46. The summed E-state index contributed by atoms with van der Waals surface area (Å²) in [6.45, 7) is 0.717. The monoisotopic (exact) mass is 457 g/mol. The summed E-state index contributed by atoms with van der Waals surface area (Å²) in [6.07, 6.45) is 4.68. The van der Waals surface area contributed by atoms with E-state index < -0.39 is 6.09 Å². The van der Waals surface area contributed by atoms with Gasteiger partial charge in [0.15, 0.2) is 6.29 Å². The number of methoxy groups -OCH3 is 2. The van der Waals surface area contributed by atoms with Crippen molar-refractivity contribution in [2.24, 2.45) is 0 Å². The first-order valence-electron chi connectivity index (χ1n) is 11.1. The maximum atomic E-state index is 12.3. The quantitative estimate of drug-likeness (QED) is 0.341. The normalized spacial score (nSPS) is 12.2. The Balaban J connectivity index is 1.30. The Hall–Kier alpha value is -4.06. The SMILES string of the molecule is COc1cc(C=CCCNC(=O)OCC2c3ccccc3-c3ccccc32)c(OC)cc1C=O. The van der Waals surface area contributed by atoms with Gasteiger partial charge in [0.2, 0.25) is 0 Å².